The van der Waals surface area contributed by atoms with Crippen molar-refractivity contribution in [2.24, 2.45) is 17.3 Å². The SMILES string of the molecule is COC(=O)C1(C)CC2CCC(Cl)C1C2. The molecule has 0 amide bonds. The van der Waals surface area contributed by atoms with Crippen LogP contribution < -0.4 is 0 Å². The quantitative estimate of drug-likeness (QED) is 0.498. The monoisotopic (exact) mass is 216 g/mol. The maximum Gasteiger partial charge on any atom is 0.311 e. The van der Waals surface area contributed by atoms with Gasteiger partial charge in [0, 0.05) is 5.38 Å². The van der Waals surface area contributed by atoms with E-state index in [0.29, 0.717) is 11.8 Å². The van der Waals surface area contributed by atoms with E-state index in [1.165, 1.54) is 13.5 Å². The van der Waals surface area contributed by atoms with Crippen LogP contribution in [-0.2, 0) is 9.53 Å². The van der Waals surface area contributed by atoms with Crippen LogP contribution in [0.3, 0.4) is 0 Å². The third kappa shape index (κ3) is 1.35. The van der Waals surface area contributed by atoms with E-state index in [9.17, 15) is 4.79 Å². The van der Waals surface area contributed by atoms with Crippen LogP contribution in [0, 0.1) is 17.3 Å². The number of rotatable bonds is 1. The molecule has 0 radical (unpaired) electrons. The standard InChI is InChI=1S/C11H17ClO2/c1-11(10(13)14-2)6-7-3-4-9(12)8(11)5-7/h7-9H,3-6H2,1-2H3. The Kier molecular flexibility index (Phi) is 2.50. The minimum atomic E-state index is -0.317. The summed E-state index contributed by atoms with van der Waals surface area (Å²) in [7, 11) is 1.47. The smallest absolute Gasteiger partial charge is 0.311 e. The summed E-state index contributed by atoms with van der Waals surface area (Å²) in [6, 6.07) is 0. The van der Waals surface area contributed by atoms with E-state index in [2.05, 4.69) is 0 Å². The number of fused-ring (bicyclic) bond motifs is 2. The first-order valence-corrected chi connectivity index (χ1v) is 5.74. The first-order valence-electron chi connectivity index (χ1n) is 5.30. The molecule has 4 atom stereocenters. The van der Waals surface area contributed by atoms with Gasteiger partial charge >= 0.3 is 5.97 Å². The largest absolute Gasteiger partial charge is 0.469 e. The Morgan fingerprint density at radius 2 is 2.21 bits per heavy atom. The van der Waals surface area contributed by atoms with Gasteiger partial charge in [0.1, 0.15) is 0 Å². The molecule has 2 fully saturated rings. The molecule has 0 aromatic carbocycles. The highest BCUT2D eigenvalue weighted by molar-refractivity contribution is 6.21. The number of carbonyl (C=O) groups excluding carboxylic acids is 1. The predicted octanol–water partition coefficient (Wildman–Crippen LogP) is 2.59. The van der Waals surface area contributed by atoms with Crippen LogP contribution in [-0.4, -0.2) is 18.5 Å². The van der Waals surface area contributed by atoms with Gasteiger partial charge in [0.15, 0.2) is 0 Å². The van der Waals surface area contributed by atoms with Gasteiger partial charge in [0.2, 0.25) is 0 Å². The van der Waals surface area contributed by atoms with E-state index in [1.54, 1.807) is 0 Å². The average Bonchev–Trinajstić information content (AvgIpc) is 2.47. The van der Waals surface area contributed by atoms with E-state index in [1.807, 2.05) is 6.92 Å². The lowest BCUT2D eigenvalue weighted by Gasteiger charge is -2.31. The van der Waals surface area contributed by atoms with Gasteiger partial charge in [-0.15, -0.1) is 11.6 Å². The van der Waals surface area contributed by atoms with Gasteiger partial charge in [-0.25, -0.2) is 0 Å². The van der Waals surface area contributed by atoms with Crippen LogP contribution in [0.5, 0.6) is 0 Å². The molecule has 0 spiro atoms. The average molecular weight is 217 g/mol. The molecule has 0 N–H and O–H groups in total. The second-order valence-corrected chi connectivity index (χ2v) is 5.48. The van der Waals surface area contributed by atoms with Crippen molar-refractivity contribution in [3.05, 3.63) is 0 Å². The topological polar surface area (TPSA) is 26.3 Å². The van der Waals surface area contributed by atoms with Crippen LogP contribution in [0.2, 0.25) is 0 Å². The molecule has 2 aliphatic carbocycles. The van der Waals surface area contributed by atoms with Crippen molar-refractivity contribution in [3.63, 3.8) is 0 Å². The molecule has 0 aliphatic heterocycles. The highest BCUT2D eigenvalue weighted by Crippen LogP contribution is 2.55. The summed E-state index contributed by atoms with van der Waals surface area (Å²) in [6.45, 7) is 2.02. The molecule has 0 aromatic heterocycles. The fourth-order valence-electron chi connectivity index (χ4n) is 3.28. The third-order valence-corrected chi connectivity index (χ3v) is 4.58. The number of ether oxygens (including phenoxy) is 1. The number of methoxy groups -OCH3 is 1. The summed E-state index contributed by atoms with van der Waals surface area (Å²) in [4.78, 5) is 11.7. The van der Waals surface area contributed by atoms with Crippen molar-refractivity contribution in [1.82, 2.24) is 0 Å². The maximum atomic E-state index is 11.7. The molecule has 2 saturated carbocycles. The van der Waals surface area contributed by atoms with Crippen LogP contribution in [0.15, 0.2) is 0 Å². The Labute approximate surface area is 90.0 Å². The molecule has 0 heterocycles. The van der Waals surface area contributed by atoms with Crippen molar-refractivity contribution < 1.29 is 9.53 Å². The molecular weight excluding hydrogens is 200 g/mol. The van der Waals surface area contributed by atoms with Gasteiger partial charge in [-0.2, -0.15) is 0 Å². The zero-order valence-electron chi connectivity index (χ0n) is 8.75. The summed E-state index contributed by atoms with van der Waals surface area (Å²) in [5, 5.41) is 0.165. The summed E-state index contributed by atoms with van der Waals surface area (Å²) in [6.07, 6.45) is 4.31. The second-order valence-electron chi connectivity index (χ2n) is 4.91. The fraction of sp³-hybridized carbons (Fsp3) is 0.909. The van der Waals surface area contributed by atoms with Crippen molar-refractivity contribution in [2.45, 2.75) is 38.0 Å². The number of halogens is 1. The molecule has 2 rings (SSSR count). The molecule has 2 bridgehead atoms. The molecule has 2 aliphatic rings. The highest BCUT2D eigenvalue weighted by atomic mass is 35.5. The molecule has 0 aromatic rings. The summed E-state index contributed by atoms with van der Waals surface area (Å²) in [5.74, 6) is 0.951. The van der Waals surface area contributed by atoms with E-state index in [-0.39, 0.29) is 16.8 Å². The third-order valence-electron chi connectivity index (χ3n) is 4.06. The Balaban J connectivity index is 2.24. The number of hydrogen-bond donors (Lipinski definition) is 0. The molecular formula is C11H17ClO2. The molecule has 4 unspecified atom stereocenters. The van der Waals surface area contributed by atoms with Crippen LogP contribution in [0.4, 0.5) is 0 Å². The van der Waals surface area contributed by atoms with Gasteiger partial charge in [0.25, 0.3) is 0 Å². The van der Waals surface area contributed by atoms with Gasteiger partial charge in [-0.3, -0.25) is 4.79 Å². The van der Waals surface area contributed by atoms with E-state index >= 15 is 0 Å². The highest BCUT2D eigenvalue weighted by Gasteiger charge is 2.54. The predicted molar refractivity (Wildman–Crippen MR) is 55.2 cm³/mol. The van der Waals surface area contributed by atoms with Crippen LogP contribution >= 0.6 is 11.6 Å². The van der Waals surface area contributed by atoms with E-state index in [4.69, 9.17) is 16.3 Å². The Bertz CT molecular complexity index is 254. The number of hydrogen-bond acceptors (Lipinski definition) is 2. The second kappa shape index (κ2) is 3.41. The summed E-state index contributed by atoms with van der Waals surface area (Å²) >= 11 is 6.29. The number of alkyl halides is 1. The van der Waals surface area contributed by atoms with Crippen molar-refractivity contribution in [3.8, 4) is 0 Å². The number of esters is 1. The first kappa shape index (κ1) is 10.3. The number of carbonyl (C=O) groups is 1. The van der Waals surface area contributed by atoms with Gasteiger partial charge < -0.3 is 4.74 Å². The Morgan fingerprint density at radius 3 is 2.86 bits per heavy atom. The Hall–Kier alpha value is -0.240. The molecule has 2 nitrogen and oxygen atoms in total. The van der Waals surface area contributed by atoms with Crippen molar-refractivity contribution in [1.29, 1.82) is 0 Å². The van der Waals surface area contributed by atoms with Crippen LogP contribution in [0.25, 0.3) is 0 Å². The molecule has 80 valence electrons. The van der Waals surface area contributed by atoms with Crippen molar-refractivity contribution in [2.75, 3.05) is 7.11 Å². The van der Waals surface area contributed by atoms with Gasteiger partial charge in [-0.05, 0) is 44.4 Å². The van der Waals surface area contributed by atoms with Crippen molar-refractivity contribution >= 4 is 17.6 Å². The molecule has 14 heavy (non-hydrogen) atoms. The van der Waals surface area contributed by atoms with E-state index in [0.717, 1.165) is 19.3 Å². The minimum absolute atomic E-state index is 0.0717. The Morgan fingerprint density at radius 1 is 1.50 bits per heavy atom. The van der Waals surface area contributed by atoms with Gasteiger partial charge in [0.05, 0.1) is 12.5 Å². The van der Waals surface area contributed by atoms with Gasteiger partial charge in [-0.1, -0.05) is 0 Å². The van der Waals surface area contributed by atoms with E-state index < -0.39 is 0 Å². The lowest BCUT2D eigenvalue weighted by molar-refractivity contribution is -0.154. The zero-order valence-corrected chi connectivity index (χ0v) is 9.51. The lowest BCUT2D eigenvalue weighted by Crippen LogP contribution is -2.37. The summed E-state index contributed by atoms with van der Waals surface area (Å²) < 4.78 is 4.90. The zero-order chi connectivity index (χ0) is 10.3. The molecule has 0 saturated heterocycles. The minimum Gasteiger partial charge on any atom is -0.469 e. The lowest BCUT2D eigenvalue weighted by atomic mass is 9.77. The first-order chi connectivity index (χ1) is 6.58. The molecule has 3 heteroatoms. The summed E-state index contributed by atoms with van der Waals surface area (Å²) in [5.41, 5.74) is -0.317. The maximum absolute atomic E-state index is 11.7. The normalized spacial score (nSPS) is 46.4. The van der Waals surface area contributed by atoms with Crippen LogP contribution in [0.1, 0.15) is 32.6 Å². The fourth-order valence-corrected chi connectivity index (χ4v) is 3.79.